The minimum atomic E-state index is -3.39. The number of carbonyl (C=O) groups excluding carboxylic acids is 1. The van der Waals surface area contributed by atoms with Crippen LogP contribution in [0.3, 0.4) is 0 Å². The van der Waals surface area contributed by atoms with Crippen molar-refractivity contribution in [1.29, 1.82) is 0 Å². The van der Waals surface area contributed by atoms with E-state index in [4.69, 9.17) is 9.47 Å². The minimum Gasteiger partial charge on any atom is -0.487 e. The van der Waals surface area contributed by atoms with Crippen molar-refractivity contribution < 1.29 is 32.5 Å². The van der Waals surface area contributed by atoms with E-state index in [0.717, 1.165) is 11.8 Å². The third kappa shape index (κ3) is 3.88. The van der Waals surface area contributed by atoms with Crippen molar-refractivity contribution in [1.82, 2.24) is 0 Å². The Kier molecular flexibility index (Phi) is 4.90. The van der Waals surface area contributed by atoms with Crippen molar-refractivity contribution in [2.75, 3.05) is 24.7 Å². The molecule has 1 saturated heterocycles. The van der Waals surface area contributed by atoms with Gasteiger partial charge >= 0.3 is 5.97 Å². The number of nitrogens with one attached hydrogen (secondary N) is 1. The Morgan fingerprint density at radius 2 is 2.20 bits per heavy atom. The summed E-state index contributed by atoms with van der Waals surface area (Å²) in [5, 5.41) is 9.62. The van der Waals surface area contributed by atoms with Gasteiger partial charge in [0.2, 0.25) is 10.0 Å². The quantitative estimate of drug-likeness (QED) is 0.730. The second-order valence-electron chi connectivity index (χ2n) is 6.31. The first-order valence-electron chi connectivity index (χ1n) is 7.92. The lowest BCUT2D eigenvalue weighted by Crippen LogP contribution is -2.46. The topological polar surface area (TPSA) is 111 Å². The van der Waals surface area contributed by atoms with E-state index in [1.807, 2.05) is 0 Å². The molecule has 2 heterocycles. The molecule has 0 aliphatic carbocycles. The van der Waals surface area contributed by atoms with E-state index in [0.29, 0.717) is 17.9 Å². The summed E-state index contributed by atoms with van der Waals surface area (Å²) in [6.07, 6.45) is 0.363. The van der Waals surface area contributed by atoms with Gasteiger partial charge in [0.05, 0.1) is 32.5 Å². The van der Waals surface area contributed by atoms with Crippen LogP contribution in [0.1, 0.15) is 24.3 Å². The molecule has 2 N–H and O–H groups in total. The normalized spacial score (nSPS) is 27.8. The van der Waals surface area contributed by atoms with Gasteiger partial charge in [0.15, 0.2) is 0 Å². The number of hydrogen-bond acceptors (Lipinski definition) is 7. The van der Waals surface area contributed by atoms with Crippen LogP contribution in [-0.2, 0) is 24.3 Å². The van der Waals surface area contributed by atoms with E-state index < -0.39 is 22.2 Å². The van der Waals surface area contributed by atoms with E-state index >= 15 is 0 Å². The molecule has 0 amide bonds. The number of carbonyl (C=O) groups is 1. The maximum absolute atomic E-state index is 11.6. The molecule has 2 aliphatic heterocycles. The molecule has 1 fully saturated rings. The smallest absolute Gasteiger partial charge is 0.308 e. The SMILES string of the molecule is COC(=O)C[C@H]1C[C@@H]2c3cc(NS(C)(=O)=O)ccc3O[C@@H]2[C@H](CO)O1. The molecule has 0 aromatic heterocycles. The van der Waals surface area contributed by atoms with Crippen LogP contribution in [0.5, 0.6) is 5.75 Å². The summed E-state index contributed by atoms with van der Waals surface area (Å²) in [6, 6.07) is 5.05. The van der Waals surface area contributed by atoms with Crippen molar-refractivity contribution in [3.05, 3.63) is 23.8 Å². The molecule has 4 atom stereocenters. The Morgan fingerprint density at radius 1 is 1.44 bits per heavy atom. The molecule has 0 unspecified atom stereocenters. The van der Waals surface area contributed by atoms with Gasteiger partial charge < -0.3 is 19.3 Å². The fourth-order valence-electron chi connectivity index (χ4n) is 3.44. The van der Waals surface area contributed by atoms with E-state index in [-0.39, 0.29) is 31.0 Å². The van der Waals surface area contributed by atoms with Gasteiger partial charge in [0, 0.05) is 17.2 Å². The molecule has 25 heavy (non-hydrogen) atoms. The van der Waals surface area contributed by atoms with Crippen LogP contribution in [0.2, 0.25) is 0 Å². The van der Waals surface area contributed by atoms with Gasteiger partial charge in [-0.15, -0.1) is 0 Å². The molecule has 0 radical (unpaired) electrons. The average Bonchev–Trinajstić information content (AvgIpc) is 2.90. The largest absolute Gasteiger partial charge is 0.487 e. The van der Waals surface area contributed by atoms with Gasteiger partial charge in [-0.1, -0.05) is 0 Å². The van der Waals surface area contributed by atoms with Crippen molar-refractivity contribution in [2.24, 2.45) is 0 Å². The number of sulfonamides is 1. The van der Waals surface area contributed by atoms with Crippen molar-refractivity contribution in [2.45, 2.75) is 37.1 Å². The molecule has 2 aliphatic rings. The molecule has 0 bridgehead atoms. The van der Waals surface area contributed by atoms with Crippen LogP contribution in [0.15, 0.2) is 18.2 Å². The lowest BCUT2D eigenvalue weighted by molar-refractivity contribution is -0.156. The lowest BCUT2D eigenvalue weighted by atomic mass is 9.84. The lowest BCUT2D eigenvalue weighted by Gasteiger charge is -2.36. The van der Waals surface area contributed by atoms with E-state index in [9.17, 15) is 18.3 Å². The molecule has 1 aromatic carbocycles. The summed E-state index contributed by atoms with van der Waals surface area (Å²) in [5.41, 5.74) is 1.29. The molecule has 9 heteroatoms. The predicted molar refractivity (Wildman–Crippen MR) is 89.1 cm³/mol. The van der Waals surface area contributed by atoms with E-state index in [2.05, 4.69) is 9.46 Å². The summed E-state index contributed by atoms with van der Waals surface area (Å²) in [5.74, 6) is 0.151. The first-order valence-corrected chi connectivity index (χ1v) is 9.81. The highest BCUT2D eigenvalue weighted by atomic mass is 32.2. The van der Waals surface area contributed by atoms with Crippen LogP contribution in [-0.4, -0.2) is 57.8 Å². The Labute approximate surface area is 146 Å². The van der Waals surface area contributed by atoms with Gasteiger partial charge in [-0.25, -0.2) is 8.42 Å². The highest BCUT2D eigenvalue weighted by molar-refractivity contribution is 7.92. The number of benzene rings is 1. The number of hydrogen-bond donors (Lipinski definition) is 2. The number of methoxy groups -OCH3 is 1. The standard InChI is InChI=1S/C16H21NO7S/c1-22-15(19)7-10-6-12-11-5-9(17-25(2,20)21)3-4-13(11)24-16(12)14(8-18)23-10/h3-5,10,12,14,16-18H,6-8H2,1-2H3/t10-,12-,14+,16+/m1/s1. The molecular weight excluding hydrogens is 350 g/mol. The number of rotatable bonds is 5. The molecule has 138 valence electrons. The molecule has 8 nitrogen and oxygen atoms in total. The number of ether oxygens (including phenoxy) is 3. The maximum Gasteiger partial charge on any atom is 0.308 e. The highest BCUT2D eigenvalue weighted by Crippen LogP contribution is 2.47. The Bertz CT molecular complexity index is 764. The second-order valence-corrected chi connectivity index (χ2v) is 8.06. The fourth-order valence-corrected chi connectivity index (χ4v) is 3.99. The predicted octanol–water partition coefficient (Wildman–Crippen LogP) is 0.616. The highest BCUT2D eigenvalue weighted by Gasteiger charge is 2.46. The zero-order valence-electron chi connectivity index (χ0n) is 14.0. The number of aliphatic hydroxyl groups is 1. The molecule has 1 aromatic rings. The number of anilines is 1. The van der Waals surface area contributed by atoms with Crippen LogP contribution in [0.4, 0.5) is 5.69 Å². The third-order valence-corrected chi connectivity index (χ3v) is 5.03. The van der Waals surface area contributed by atoms with Crippen molar-refractivity contribution in [3.8, 4) is 5.75 Å². The van der Waals surface area contributed by atoms with E-state index in [1.165, 1.54) is 7.11 Å². The van der Waals surface area contributed by atoms with Gasteiger partial charge in [-0.3, -0.25) is 9.52 Å². The Morgan fingerprint density at radius 3 is 2.84 bits per heavy atom. The number of fused-ring (bicyclic) bond motifs is 3. The van der Waals surface area contributed by atoms with Crippen LogP contribution >= 0.6 is 0 Å². The first kappa shape index (κ1) is 18.0. The minimum absolute atomic E-state index is 0.0901. The fraction of sp³-hybridized carbons (Fsp3) is 0.562. The summed E-state index contributed by atoms with van der Waals surface area (Å²) >= 11 is 0. The summed E-state index contributed by atoms with van der Waals surface area (Å²) in [6.45, 7) is -0.235. The molecule has 0 spiro atoms. The summed E-state index contributed by atoms with van der Waals surface area (Å²) < 4.78 is 41.7. The van der Waals surface area contributed by atoms with Crippen molar-refractivity contribution in [3.63, 3.8) is 0 Å². The Hall–Kier alpha value is -1.84. The van der Waals surface area contributed by atoms with Gasteiger partial charge in [-0.05, 0) is 24.6 Å². The van der Waals surface area contributed by atoms with Crippen molar-refractivity contribution >= 4 is 21.7 Å². The van der Waals surface area contributed by atoms with Gasteiger partial charge in [-0.2, -0.15) is 0 Å². The summed E-state index contributed by atoms with van der Waals surface area (Å²) in [7, 11) is -2.07. The van der Waals surface area contributed by atoms with Gasteiger partial charge in [0.1, 0.15) is 18.0 Å². The first-order chi connectivity index (χ1) is 11.8. The number of esters is 1. The monoisotopic (exact) mass is 371 g/mol. The third-order valence-electron chi connectivity index (χ3n) is 4.42. The second kappa shape index (κ2) is 6.81. The molecular formula is C16H21NO7S. The number of aliphatic hydroxyl groups excluding tert-OH is 1. The average molecular weight is 371 g/mol. The zero-order chi connectivity index (χ0) is 18.2. The summed E-state index contributed by atoms with van der Waals surface area (Å²) in [4.78, 5) is 11.6. The van der Waals surface area contributed by atoms with E-state index in [1.54, 1.807) is 18.2 Å². The van der Waals surface area contributed by atoms with Crippen LogP contribution in [0.25, 0.3) is 0 Å². The van der Waals surface area contributed by atoms with Crippen LogP contribution < -0.4 is 9.46 Å². The zero-order valence-corrected chi connectivity index (χ0v) is 14.8. The van der Waals surface area contributed by atoms with Crippen LogP contribution in [0, 0.1) is 0 Å². The maximum atomic E-state index is 11.6. The molecule has 3 rings (SSSR count). The Balaban J connectivity index is 1.86. The van der Waals surface area contributed by atoms with Gasteiger partial charge in [0.25, 0.3) is 0 Å². The molecule has 0 saturated carbocycles.